The number of halogens is 1. The molecule has 2 fully saturated rings. The number of nitrogens with zero attached hydrogens (tertiary/aromatic N) is 1. The van der Waals surface area contributed by atoms with Crippen molar-refractivity contribution in [1.82, 2.24) is 9.62 Å². The smallest absolute Gasteiger partial charge is 0.243 e. The first-order chi connectivity index (χ1) is 12.0. The first-order valence-electron chi connectivity index (χ1n) is 9.09. The van der Waals surface area contributed by atoms with Crippen LogP contribution in [0.25, 0.3) is 0 Å². The molecule has 1 heterocycles. The van der Waals surface area contributed by atoms with Gasteiger partial charge in [-0.2, -0.15) is 4.31 Å². The number of hydrogen-bond acceptors (Lipinski definition) is 4. The molecule has 1 unspecified atom stereocenters. The molecule has 3 N–H and O–H groups in total. The lowest BCUT2D eigenvalue weighted by Gasteiger charge is -2.16. The van der Waals surface area contributed by atoms with Crippen LogP contribution < -0.4 is 11.1 Å². The molecule has 0 bridgehead atoms. The van der Waals surface area contributed by atoms with Crippen LogP contribution in [-0.2, 0) is 21.2 Å². The minimum absolute atomic E-state index is 0. The number of carbonyl (C=O) groups excluding carboxylic acids is 1. The lowest BCUT2D eigenvalue weighted by Crippen LogP contribution is -2.41. The number of rotatable bonds is 8. The third kappa shape index (κ3) is 5.19. The maximum absolute atomic E-state index is 12.5. The minimum Gasteiger partial charge on any atom is -0.352 e. The molecular weight excluding hydrogens is 374 g/mol. The van der Waals surface area contributed by atoms with Gasteiger partial charge in [-0.1, -0.05) is 12.1 Å². The van der Waals surface area contributed by atoms with Crippen LogP contribution in [0.2, 0.25) is 0 Å². The summed E-state index contributed by atoms with van der Waals surface area (Å²) in [6, 6.07) is 7.00. The Kier molecular flexibility index (Phi) is 7.46. The number of benzene rings is 1. The summed E-state index contributed by atoms with van der Waals surface area (Å²) >= 11 is 0. The fourth-order valence-corrected chi connectivity index (χ4v) is 4.83. The van der Waals surface area contributed by atoms with Gasteiger partial charge < -0.3 is 11.1 Å². The van der Waals surface area contributed by atoms with Crippen molar-refractivity contribution in [2.75, 3.05) is 19.6 Å². The lowest BCUT2D eigenvalue weighted by atomic mass is 10.1. The van der Waals surface area contributed by atoms with Gasteiger partial charge in [0.1, 0.15) is 0 Å². The highest BCUT2D eigenvalue weighted by molar-refractivity contribution is 7.89. The molecule has 2 aliphatic rings. The predicted molar refractivity (Wildman–Crippen MR) is 104 cm³/mol. The second-order valence-electron chi connectivity index (χ2n) is 7.00. The van der Waals surface area contributed by atoms with Crippen LogP contribution in [0, 0.1) is 5.92 Å². The number of carbonyl (C=O) groups is 1. The summed E-state index contributed by atoms with van der Waals surface area (Å²) in [4.78, 5) is 12.4. The van der Waals surface area contributed by atoms with Crippen LogP contribution in [-0.4, -0.2) is 44.3 Å². The summed E-state index contributed by atoms with van der Waals surface area (Å²) in [7, 11) is -3.37. The summed E-state index contributed by atoms with van der Waals surface area (Å²) in [5, 5.41) is 3.01. The Labute approximate surface area is 162 Å². The fourth-order valence-electron chi connectivity index (χ4n) is 3.31. The maximum Gasteiger partial charge on any atom is 0.243 e. The Morgan fingerprint density at radius 1 is 1.19 bits per heavy atom. The molecule has 1 saturated carbocycles. The Balaban J connectivity index is 0.00000243. The molecular formula is C18H28ClN3O3S. The van der Waals surface area contributed by atoms with Gasteiger partial charge in [0.2, 0.25) is 15.9 Å². The van der Waals surface area contributed by atoms with Gasteiger partial charge in [-0.15, -0.1) is 12.4 Å². The summed E-state index contributed by atoms with van der Waals surface area (Å²) in [6.45, 7) is 1.70. The Morgan fingerprint density at radius 2 is 1.81 bits per heavy atom. The molecule has 26 heavy (non-hydrogen) atoms. The zero-order chi connectivity index (χ0) is 17.9. The first-order valence-corrected chi connectivity index (χ1v) is 10.5. The second kappa shape index (κ2) is 9.17. The molecule has 1 atom stereocenters. The molecule has 146 valence electrons. The minimum atomic E-state index is -3.37. The molecule has 1 aromatic rings. The van der Waals surface area contributed by atoms with Gasteiger partial charge in [0, 0.05) is 32.1 Å². The first kappa shape index (κ1) is 21.2. The zero-order valence-corrected chi connectivity index (χ0v) is 16.5. The van der Waals surface area contributed by atoms with E-state index in [2.05, 4.69) is 5.32 Å². The van der Waals surface area contributed by atoms with E-state index in [1.54, 1.807) is 28.6 Å². The molecule has 1 aromatic carbocycles. The van der Waals surface area contributed by atoms with Gasteiger partial charge in [0.25, 0.3) is 0 Å². The fraction of sp³-hybridized carbons (Fsp3) is 0.611. The average molecular weight is 402 g/mol. The number of hydrogen-bond donors (Lipinski definition) is 2. The van der Waals surface area contributed by atoms with Gasteiger partial charge in [-0.25, -0.2) is 8.42 Å². The third-order valence-electron chi connectivity index (χ3n) is 5.06. The van der Waals surface area contributed by atoms with Crippen molar-refractivity contribution in [2.45, 2.75) is 49.5 Å². The molecule has 3 rings (SSSR count). The molecule has 1 amide bonds. The van der Waals surface area contributed by atoms with E-state index in [9.17, 15) is 13.2 Å². The van der Waals surface area contributed by atoms with E-state index >= 15 is 0 Å². The molecule has 6 nitrogen and oxygen atoms in total. The SMILES string of the molecule is Cl.NCC(NC(=O)CCc1ccc(S(=O)(=O)N2CCCC2)cc1)C1CC1. The van der Waals surface area contributed by atoms with Gasteiger partial charge in [0.15, 0.2) is 0 Å². The van der Waals surface area contributed by atoms with Gasteiger partial charge >= 0.3 is 0 Å². The quantitative estimate of drug-likeness (QED) is 0.693. The number of sulfonamides is 1. The highest BCUT2D eigenvalue weighted by Gasteiger charge is 2.31. The van der Waals surface area contributed by atoms with E-state index in [0.29, 0.717) is 43.3 Å². The zero-order valence-electron chi connectivity index (χ0n) is 14.9. The van der Waals surface area contributed by atoms with Crippen LogP contribution in [0.4, 0.5) is 0 Å². The van der Waals surface area contributed by atoms with Crippen molar-refractivity contribution in [1.29, 1.82) is 0 Å². The van der Waals surface area contributed by atoms with Crippen LogP contribution in [0.5, 0.6) is 0 Å². The van der Waals surface area contributed by atoms with Crippen molar-refractivity contribution in [3.63, 3.8) is 0 Å². The predicted octanol–water partition coefficient (Wildman–Crippen LogP) is 1.68. The van der Waals surface area contributed by atoms with Crippen molar-refractivity contribution in [3.8, 4) is 0 Å². The number of amides is 1. The highest BCUT2D eigenvalue weighted by atomic mass is 35.5. The number of nitrogens with two attached hydrogens (primary N) is 1. The molecule has 1 saturated heterocycles. The molecule has 0 spiro atoms. The molecule has 0 radical (unpaired) electrons. The van der Waals surface area contributed by atoms with E-state index in [4.69, 9.17) is 5.73 Å². The highest BCUT2D eigenvalue weighted by Crippen LogP contribution is 2.32. The largest absolute Gasteiger partial charge is 0.352 e. The molecule has 0 aromatic heterocycles. The van der Waals surface area contributed by atoms with Crippen LogP contribution >= 0.6 is 12.4 Å². The second-order valence-corrected chi connectivity index (χ2v) is 8.94. The van der Waals surface area contributed by atoms with Gasteiger partial charge in [-0.3, -0.25) is 4.79 Å². The van der Waals surface area contributed by atoms with Crippen molar-refractivity contribution < 1.29 is 13.2 Å². The summed E-state index contributed by atoms with van der Waals surface area (Å²) < 4.78 is 26.5. The summed E-state index contributed by atoms with van der Waals surface area (Å²) in [6.07, 6.45) is 5.14. The Morgan fingerprint density at radius 3 is 2.35 bits per heavy atom. The van der Waals surface area contributed by atoms with Gasteiger partial charge in [0.05, 0.1) is 4.90 Å². The van der Waals surface area contributed by atoms with E-state index in [1.165, 1.54) is 0 Å². The average Bonchev–Trinajstić information content (AvgIpc) is 3.30. The van der Waals surface area contributed by atoms with Crippen LogP contribution in [0.3, 0.4) is 0 Å². The lowest BCUT2D eigenvalue weighted by molar-refractivity contribution is -0.121. The Hall–Kier alpha value is -1.15. The summed E-state index contributed by atoms with van der Waals surface area (Å²) in [5.41, 5.74) is 6.67. The normalized spacial score (nSPS) is 19.0. The summed E-state index contributed by atoms with van der Waals surface area (Å²) in [5.74, 6) is 0.556. The van der Waals surface area contributed by atoms with Crippen molar-refractivity contribution in [3.05, 3.63) is 29.8 Å². The standard InChI is InChI=1S/C18H27N3O3S.ClH/c19-13-17(15-6-7-15)20-18(22)10-5-14-3-8-16(9-4-14)25(23,24)21-11-1-2-12-21;/h3-4,8-9,15,17H,1-2,5-7,10-13,19H2,(H,20,22);1H. The number of aryl methyl sites for hydroxylation is 1. The maximum atomic E-state index is 12.5. The third-order valence-corrected chi connectivity index (χ3v) is 6.97. The van der Waals surface area contributed by atoms with E-state index in [-0.39, 0.29) is 24.4 Å². The van der Waals surface area contributed by atoms with Crippen LogP contribution in [0.15, 0.2) is 29.2 Å². The monoisotopic (exact) mass is 401 g/mol. The van der Waals surface area contributed by atoms with Gasteiger partial charge in [-0.05, 0) is 55.7 Å². The van der Waals surface area contributed by atoms with Crippen molar-refractivity contribution >= 4 is 28.3 Å². The number of nitrogens with one attached hydrogen (secondary N) is 1. The van der Waals surface area contributed by atoms with E-state index in [0.717, 1.165) is 31.2 Å². The molecule has 1 aliphatic carbocycles. The topological polar surface area (TPSA) is 92.5 Å². The Bertz CT molecular complexity index is 699. The van der Waals surface area contributed by atoms with E-state index in [1.807, 2.05) is 0 Å². The molecule has 1 aliphatic heterocycles. The molecule has 8 heteroatoms. The van der Waals surface area contributed by atoms with E-state index < -0.39 is 10.0 Å². The van der Waals surface area contributed by atoms with Crippen molar-refractivity contribution in [2.24, 2.45) is 11.7 Å². The van der Waals surface area contributed by atoms with Crippen LogP contribution in [0.1, 0.15) is 37.7 Å².